The highest BCUT2D eigenvalue weighted by atomic mass is 16.6. The average Bonchev–Trinajstić information content (AvgIpc) is 2.51. The van der Waals surface area contributed by atoms with E-state index < -0.39 is 5.60 Å². The molecule has 152 valence electrons. The van der Waals surface area contributed by atoms with Gasteiger partial charge in [-0.15, -0.1) is 0 Å². The van der Waals surface area contributed by atoms with Crippen molar-refractivity contribution in [2.24, 2.45) is 0 Å². The van der Waals surface area contributed by atoms with Gasteiger partial charge in [0.15, 0.2) is 0 Å². The van der Waals surface area contributed by atoms with Gasteiger partial charge in [0.1, 0.15) is 5.60 Å². The number of rotatable bonds is 5. The van der Waals surface area contributed by atoms with Crippen molar-refractivity contribution in [3.8, 4) is 0 Å². The fourth-order valence-corrected chi connectivity index (χ4v) is 2.67. The van der Waals surface area contributed by atoms with Gasteiger partial charge in [0.2, 0.25) is 0 Å². The van der Waals surface area contributed by atoms with Crippen molar-refractivity contribution in [2.45, 2.75) is 33.3 Å². The van der Waals surface area contributed by atoms with Crippen LogP contribution in [0.1, 0.15) is 27.7 Å². The fraction of sp³-hybridized carbons (Fsp3) is 0.889. The van der Waals surface area contributed by atoms with Crippen molar-refractivity contribution in [3.63, 3.8) is 0 Å². The third-order valence-electron chi connectivity index (χ3n) is 3.85. The molecule has 1 saturated heterocycles. The molecule has 0 unspecified atom stereocenters. The van der Waals surface area contributed by atoms with Crippen LogP contribution in [-0.2, 0) is 19.1 Å². The van der Waals surface area contributed by atoms with Crippen LogP contribution in [0.3, 0.4) is 0 Å². The average molecular weight is 373 g/mol. The number of nitrogens with zero attached hydrogens (tertiary/aromatic N) is 2. The molecule has 0 bridgehead atoms. The molecule has 0 radical (unpaired) electrons. The van der Waals surface area contributed by atoms with E-state index in [1.54, 1.807) is 0 Å². The predicted octanol–water partition coefficient (Wildman–Crippen LogP) is -0.312. The highest BCUT2D eigenvalue weighted by Crippen LogP contribution is 2.07. The Morgan fingerprint density at radius 1 is 0.846 bits per heavy atom. The van der Waals surface area contributed by atoms with Gasteiger partial charge < -0.3 is 20.1 Å². The van der Waals surface area contributed by atoms with E-state index in [0.717, 1.165) is 39.3 Å². The zero-order valence-corrected chi connectivity index (χ0v) is 16.8. The summed E-state index contributed by atoms with van der Waals surface area (Å²) in [5, 5.41) is 6.73. The first-order chi connectivity index (χ1) is 12.3. The highest BCUT2D eigenvalue weighted by Gasteiger charge is 2.20. The second-order valence-corrected chi connectivity index (χ2v) is 7.44. The first-order valence-corrected chi connectivity index (χ1v) is 9.54. The summed E-state index contributed by atoms with van der Waals surface area (Å²) in [6.45, 7) is 14.6. The summed E-state index contributed by atoms with van der Waals surface area (Å²) in [6.07, 6.45) is 0. The highest BCUT2D eigenvalue weighted by molar-refractivity contribution is 5.72. The number of carbonyl (C=O) groups excluding carboxylic acids is 2. The van der Waals surface area contributed by atoms with Gasteiger partial charge in [0, 0.05) is 52.4 Å². The molecule has 26 heavy (non-hydrogen) atoms. The summed E-state index contributed by atoms with van der Waals surface area (Å²) in [6, 6.07) is 0. The normalized spacial score (nSPS) is 19.2. The largest absolute Gasteiger partial charge is 0.465 e. The van der Waals surface area contributed by atoms with E-state index in [2.05, 4.69) is 20.4 Å². The van der Waals surface area contributed by atoms with Crippen LogP contribution in [0.15, 0.2) is 0 Å². The monoisotopic (exact) mass is 372 g/mol. The van der Waals surface area contributed by atoms with Gasteiger partial charge >= 0.3 is 11.9 Å². The second kappa shape index (κ2) is 12.2. The number of carbonyl (C=O) groups is 2. The smallest absolute Gasteiger partial charge is 0.320 e. The lowest BCUT2D eigenvalue weighted by molar-refractivity contribution is -0.156. The standard InChI is InChI=1S/C18H36N4O4/c1-5-25-16(23)14-21-10-8-19-6-7-20-9-11-22(13-12-21)15-17(24)26-18(2,3)4/h19-20H,5-15H2,1-4H3. The summed E-state index contributed by atoms with van der Waals surface area (Å²) in [4.78, 5) is 28.1. The van der Waals surface area contributed by atoms with Gasteiger partial charge in [-0.25, -0.2) is 0 Å². The lowest BCUT2D eigenvalue weighted by Gasteiger charge is -2.28. The predicted molar refractivity (Wildman–Crippen MR) is 101 cm³/mol. The van der Waals surface area contributed by atoms with Crippen molar-refractivity contribution in [1.82, 2.24) is 20.4 Å². The zero-order chi connectivity index (χ0) is 19.4. The van der Waals surface area contributed by atoms with E-state index in [9.17, 15) is 9.59 Å². The maximum Gasteiger partial charge on any atom is 0.320 e. The Labute approximate surface area is 157 Å². The Balaban J connectivity index is 2.61. The van der Waals surface area contributed by atoms with Gasteiger partial charge in [0.25, 0.3) is 0 Å². The lowest BCUT2D eigenvalue weighted by atomic mass is 10.2. The minimum absolute atomic E-state index is 0.208. The maximum absolute atomic E-state index is 12.2. The van der Waals surface area contributed by atoms with E-state index in [0.29, 0.717) is 19.7 Å². The Morgan fingerprint density at radius 2 is 1.35 bits per heavy atom. The summed E-state index contributed by atoms with van der Waals surface area (Å²) < 4.78 is 10.5. The molecular formula is C18H36N4O4. The van der Waals surface area contributed by atoms with Crippen LogP contribution < -0.4 is 10.6 Å². The molecule has 0 saturated carbocycles. The molecule has 0 aromatic rings. The van der Waals surface area contributed by atoms with Crippen LogP contribution in [0.2, 0.25) is 0 Å². The SMILES string of the molecule is CCOC(=O)CN1CCNCCNCCN(CC(=O)OC(C)(C)C)CC1. The Kier molecular flexibility index (Phi) is 10.7. The van der Waals surface area contributed by atoms with Gasteiger partial charge in [-0.1, -0.05) is 0 Å². The van der Waals surface area contributed by atoms with Gasteiger partial charge in [0.05, 0.1) is 19.7 Å². The molecule has 0 atom stereocenters. The van der Waals surface area contributed by atoms with Crippen molar-refractivity contribution in [3.05, 3.63) is 0 Å². The summed E-state index contributed by atoms with van der Waals surface area (Å²) in [7, 11) is 0. The van der Waals surface area contributed by atoms with E-state index in [1.807, 2.05) is 27.7 Å². The summed E-state index contributed by atoms with van der Waals surface area (Å²) >= 11 is 0. The van der Waals surface area contributed by atoms with Crippen molar-refractivity contribution in [2.75, 3.05) is 72.1 Å². The van der Waals surface area contributed by atoms with E-state index in [1.165, 1.54) is 0 Å². The molecule has 2 N–H and O–H groups in total. The Hall–Kier alpha value is -1.22. The fourth-order valence-electron chi connectivity index (χ4n) is 2.67. The Bertz CT molecular complexity index is 426. The van der Waals surface area contributed by atoms with Crippen molar-refractivity contribution >= 4 is 11.9 Å². The molecule has 1 aliphatic rings. The third-order valence-corrected chi connectivity index (χ3v) is 3.85. The molecule has 1 aliphatic heterocycles. The molecular weight excluding hydrogens is 336 g/mol. The molecule has 8 nitrogen and oxygen atoms in total. The zero-order valence-electron chi connectivity index (χ0n) is 16.8. The quantitative estimate of drug-likeness (QED) is 0.636. The number of ether oxygens (including phenoxy) is 2. The van der Waals surface area contributed by atoms with Crippen molar-refractivity contribution < 1.29 is 19.1 Å². The molecule has 0 amide bonds. The van der Waals surface area contributed by atoms with Crippen molar-refractivity contribution in [1.29, 1.82) is 0 Å². The Morgan fingerprint density at radius 3 is 1.81 bits per heavy atom. The van der Waals surface area contributed by atoms with Crippen LogP contribution in [0.4, 0.5) is 0 Å². The molecule has 1 fully saturated rings. The van der Waals surface area contributed by atoms with Gasteiger partial charge in [-0.2, -0.15) is 0 Å². The first-order valence-electron chi connectivity index (χ1n) is 9.54. The third kappa shape index (κ3) is 11.4. The van der Waals surface area contributed by atoms with E-state index >= 15 is 0 Å². The van der Waals surface area contributed by atoms with Gasteiger partial charge in [-0.05, 0) is 27.7 Å². The van der Waals surface area contributed by atoms with Crippen LogP contribution in [0.5, 0.6) is 0 Å². The van der Waals surface area contributed by atoms with Crippen LogP contribution in [0, 0.1) is 0 Å². The molecule has 0 aromatic carbocycles. The second-order valence-electron chi connectivity index (χ2n) is 7.44. The van der Waals surface area contributed by atoms with Crippen LogP contribution in [0.25, 0.3) is 0 Å². The van der Waals surface area contributed by atoms with Crippen LogP contribution in [-0.4, -0.2) is 99.4 Å². The number of hydrogen-bond acceptors (Lipinski definition) is 8. The number of nitrogens with one attached hydrogen (secondary N) is 2. The minimum atomic E-state index is -0.483. The summed E-state index contributed by atoms with van der Waals surface area (Å²) in [5.74, 6) is -0.428. The molecule has 8 heteroatoms. The van der Waals surface area contributed by atoms with E-state index in [4.69, 9.17) is 9.47 Å². The van der Waals surface area contributed by atoms with Gasteiger partial charge in [-0.3, -0.25) is 19.4 Å². The molecule has 0 aliphatic carbocycles. The first kappa shape index (κ1) is 22.8. The molecule has 0 aromatic heterocycles. The number of esters is 2. The van der Waals surface area contributed by atoms with Crippen LogP contribution >= 0.6 is 0 Å². The molecule has 0 spiro atoms. The van der Waals surface area contributed by atoms with E-state index in [-0.39, 0.29) is 25.0 Å². The molecule has 1 rings (SSSR count). The number of hydrogen-bond donors (Lipinski definition) is 2. The maximum atomic E-state index is 12.2. The summed E-state index contributed by atoms with van der Waals surface area (Å²) in [5.41, 5.74) is -0.483. The lowest BCUT2D eigenvalue weighted by Crippen LogP contribution is -2.46. The molecule has 1 heterocycles. The minimum Gasteiger partial charge on any atom is -0.465 e. The topological polar surface area (TPSA) is 83.1 Å².